The van der Waals surface area contributed by atoms with E-state index in [0.29, 0.717) is 16.7 Å². The number of fused-ring (bicyclic) bond motifs is 3. The first-order valence-corrected chi connectivity index (χ1v) is 9.36. The largest absolute Gasteiger partial charge is 0.467 e. The Balaban J connectivity index is 1.92. The highest BCUT2D eigenvalue weighted by molar-refractivity contribution is 5.79. The number of ether oxygens (including phenoxy) is 2. The molecule has 3 fully saturated rings. The van der Waals surface area contributed by atoms with Gasteiger partial charge in [-0.1, -0.05) is 27.2 Å². The van der Waals surface area contributed by atoms with Gasteiger partial charge in [0.1, 0.15) is 0 Å². The van der Waals surface area contributed by atoms with Gasteiger partial charge < -0.3 is 9.47 Å². The van der Waals surface area contributed by atoms with Gasteiger partial charge in [0.15, 0.2) is 5.60 Å². The fourth-order valence-corrected chi connectivity index (χ4v) is 6.71. The van der Waals surface area contributed by atoms with Gasteiger partial charge in [0.05, 0.1) is 12.7 Å². The smallest absolute Gasteiger partial charge is 0.337 e. The van der Waals surface area contributed by atoms with Crippen molar-refractivity contribution >= 4 is 5.97 Å². The van der Waals surface area contributed by atoms with Crippen molar-refractivity contribution in [2.24, 2.45) is 22.7 Å². The second-order valence-electron chi connectivity index (χ2n) is 9.67. The van der Waals surface area contributed by atoms with Crippen LogP contribution in [0.5, 0.6) is 0 Å². The van der Waals surface area contributed by atoms with Crippen LogP contribution in [0.4, 0.5) is 0 Å². The molecule has 3 aliphatic rings. The van der Waals surface area contributed by atoms with Crippen LogP contribution in [0.1, 0.15) is 79.6 Å². The number of carbonyl (C=O) groups excluding carboxylic acids is 1. The number of methoxy groups -OCH3 is 1. The first-order valence-electron chi connectivity index (χ1n) is 9.36. The maximum Gasteiger partial charge on any atom is 0.337 e. The summed E-state index contributed by atoms with van der Waals surface area (Å²) in [4.78, 5) is 12.2. The van der Waals surface area contributed by atoms with E-state index in [9.17, 15) is 4.79 Å². The van der Waals surface area contributed by atoms with Crippen LogP contribution in [0.2, 0.25) is 0 Å². The van der Waals surface area contributed by atoms with Crippen LogP contribution in [0.15, 0.2) is 0 Å². The Morgan fingerprint density at radius 2 is 1.61 bits per heavy atom. The average Bonchev–Trinajstić information content (AvgIpc) is 2.44. The maximum atomic E-state index is 12.2. The van der Waals surface area contributed by atoms with Gasteiger partial charge in [-0.25, -0.2) is 4.79 Å². The molecule has 0 aromatic heterocycles. The highest BCUT2D eigenvalue weighted by Gasteiger charge is 2.62. The van der Waals surface area contributed by atoms with Crippen molar-refractivity contribution in [3.63, 3.8) is 0 Å². The van der Waals surface area contributed by atoms with E-state index in [2.05, 4.69) is 27.7 Å². The zero-order chi connectivity index (χ0) is 17.1. The lowest BCUT2D eigenvalue weighted by molar-refractivity contribution is -0.266. The van der Waals surface area contributed by atoms with E-state index < -0.39 is 5.60 Å². The van der Waals surface area contributed by atoms with E-state index in [-0.39, 0.29) is 11.6 Å². The van der Waals surface area contributed by atoms with Gasteiger partial charge in [-0.3, -0.25) is 0 Å². The Morgan fingerprint density at radius 3 is 2.26 bits per heavy atom. The van der Waals surface area contributed by atoms with Crippen molar-refractivity contribution in [2.45, 2.75) is 90.8 Å². The van der Waals surface area contributed by atoms with E-state index in [1.807, 2.05) is 6.92 Å². The second kappa shape index (κ2) is 5.21. The monoisotopic (exact) mass is 322 g/mol. The van der Waals surface area contributed by atoms with Crippen molar-refractivity contribution in [3.05, 3.63) is 0 Å². The molecule has 1 saturated heterocycles. The van der Waals surface area contributed by atoms with Crippen molar-refractivity contribution in [1.29, 1.82) is 0 Å². The molecule has 1 heterocycles. The van der Waals surface area contributed by atoms with E-state index >= 15 is 0 Å². The third kappa shape index (κ3) is 2.45. The minimum absolute atomic E-state index is 0.195. The van der Waals surface area contributed by atoms with Crippen LogP contribution in [-0.4, -0.2) is 24.3 Å². The molecule has 0 radical (unpaired) electrons. The Hall–Kier alpha value is -0.570. The van der Waals surface area contributed by atoms with Crippen LogP contribution in [-0.2, 0) is 14.3 Å². The van der Waals surface area contributed by atoms with E-state index in [1.165, 1.54) is 32.8 Å². The molecule has 2 saturated carbocycles. The summed E-state index contributed by atoms with van der Waals surface area (Å²) in [5.41, 5.74) is -0.198. The molecule has 0 aromatic carbocycles. The van der Waals surface area contributed by atoms with Crippen LogP contribution in [0, 0.1) is 22.7 Å². The van der Waals surface area contributed by atoms with Gasteiger partial charge in [0.25, 0.3) is 0 Å². The van der Waals surface area contributed by atoms with Crippen LogP contribution >= 0.6 is 0 Å². The van der Waals surface area contributed by atoms with Gasteiger partial charge in [0, 0.05) is 0 Å². The average molecular weight is 322 g/mol. The Bertz CT molecular complexity index is 499. The summed E-state index contributed by atoms with van der Waals surface area (Å²) >= 11 is 0. The summed E-state index contributed by atoms with van der Waals surface area (Å²) in [6.07, 6.45) is 8.10. The number of hydrogen-bond donors (Lipinski definition) is 0. The van der Waals surface area contributed by atoms with Crippen molar-refractivity contribution < 1.29 is 14.3 Å². The predicted molar refractivity (Wildman–Crippen MR) is 91.1 cm³/mol. The Morgan fingerprint density at radius 1 is 0.957 bits per heavy atom. The summed E-state index contributed by atoms with van der Waals surface area (Å²) in [6, 6.07) is 0. The third-order valence-electron chi connectivity index (χ3n) is 7.72. The van der Waals surface area contributed by atoms with Crippen LogP contribution < -0.4 is 0 Å². The number of hydrogen-bond acceptors (Lipinski definition) is 3. The Labute approximate surface area is 141 Å². The third-order valence-corrected chi connectivity index (χ3v) is 7.72. The first kappa shape index (κ1) is 17.3. The molecule has 132 valence electrons. The molecular weight excluding hydrogens is 288 g/mol. The van der Waals surface area contributed by atoms with Gasteiger partial charge >= 0.3 is 5.97 Å². The molecule has 23 heavy (non-hydrogen) atoms. The van der Waals surface area contributed by atoms with Gasteiger partial charge in [-0.15, -0.1) is 0 Å². The standard InChI is InChI=1S/C20H34O3/c1-17(2)10-7-11-18(3)14(17)8-12-19(4)15(18)9-13-20(5,23-19)16(21)22-6/h14-15H,7-13H2,1-6H3/t14?,15-,18+,19-,20-/m1/s1. The van der Waals surface area contributed by atoms with Crippen LogP contribution in [0.25, 0.3) is 0 Å². The lowest BCUT2D eigenvalue weighted by Gasteiger charge is -2.65. The van der Waals surface area contributed by atoms with Gasteiger partial charge in [-0.2, -0.15) is 0 Å². The number of esters is 1. The minimum Gasteiger partial charge on any atom is -0.467 e. The highest BCUT2D eigenvalue weighted by atomic mass is 16.6. The molecule has 3 nitrogen and oxygen atoms in total. The van der Waals surface area contributed by atoms with Gasteiger partial charge in [-0.05, 0) is 75.0 Å². The molecule has 3 heteroatoms. The first-order chi connectivity index (χ1) is 10.6. The second-order valence-corrected chi connectivity index (χ2v) is 9.67. The molecule has 1 unspecified atom stereocenters. The highest BCUT2D eigenvalue weighted by Crippen LogP contribution is 2.65. The van der Waals surface area contributed by atoms with E-state index in [4.69, 9.17) is 9.47 Å². The summed E-state index contributed by atoms with van der Waals surface area (Å²) < 4.78 is 11.5. The number of carbonyl (C=O) groups is 1. The predicted octanol–water partition coefficient (Wildman–Crippen LogP) is 4.73. The molecule has 0 aromatic rings. The summed E-state index contributed by atoms with van der Waals surface area (Å²) in [5, 5.41) is 0. The zero-order valence-corrected chi connectivity index (χ0v) is 15.8. The van der Waals surface area contributed by atoms with E-state index in [0.717, 1.165) is 25.2 Å². The molecule has 2 aliphatic carbocycles. The van der Waals surface area contributed by atoms with E-state index in [1.54, 1.807) is 0 Å². The molecule has 0 amide bonds. The van der Waals surface area contributed by atoms with Crippen LogP contribution in [0.3, 0.4) is 0 Å². The lowest BCUT2D eigenvalue weighted by atomic mass is 9.44. The minimum atomic E-state index is -0.770. The van der Waals surface area contributed by atoms with Crippen molar-refractivity contribution in [1.82, 2.24) is 0 Å². The summed E-state index contributed by atoms with van der Waals surface area (Å²) in [5.74, 6) is 1.10. The zero-order valence-electron chi connectivity index (χ0n) is 15.8. The molecule has 0 bridgehead atoms. The maximum absolute atomic E-state index is 12.2. The molecule has 0 N–H and O–H groups in total. The molecule has 3 rings (SSSR count). The normalized spacial score (nSPS) is 49.0. The molecular formula is C20H34O3. The molecule has 5 atom stereocenters. The summed E-state index contributed by atoms with van der Waals surface area (Å²) in [7, 11) is 1.47. The SMILES string of the molecule is COC(=O)[C@@]1(C)CC[C@H]2[C@@](C)(CCC3C(C)(C)CCC[C@@]32C)O1. The topological polar surface area (TPSA) is 35.5 Å². The lowest BCUT2D eigenvalue weighted by Crippen LogP contribution is -2.64. The van der Waals surface area contributed by atoms with Gasteiger partial charge in [0.2, 0.25) is 0 Å². The molecule has 0 spiro atoms. The van der Waals surface area contributed by atoms with Crippen molar-refractivity contribution in [3.8, 4) is 0 Å². The Kier molecular flexibility index (Phi) is 3.91. The summed E-state index contributed by atoms with van der Waals surface area (Å²) in [6.45, 7) is 11.6. The quantitative estimate of drug-likeness (QED) is 0.655. The number of rotatable bonds is 1. The fraction of sp³-hybridized carbons (Fsp3) is 0.950. The fourth-order valence-electron chi connectivity index (χ4n) is 6.71. The van der Waals surface area contributed by atoms with Crippen molar-refractivity contribution in [2.75, 3.05) is 7.11 Å². The molecule has 1 aliphatic heterocycles.